The second-order valence-electron chi connectivity index (χ2n) is 2.93. The highest BCUT2D eigenvalue weighted by atomic mass is 28.2. The van der Waals surface area contributed by atoms with Crippen LogP contribution in [0.1, 0.15) is 5.56 Å². The highest BCUT2D eigenvalue weighted by Crippen LogP contribution is 1.96. The molecule has 0 aliphatic carbocycles. The highest BCUT2D eigenvalue weighted by molar-refractivity contribution is 6.60. The van der Waals surface area contributed by atoms with Crippen molar-refractivity contribution in [2.24, 2.45) is 0 Å². The molecule has 0 aliphatic heterocycles. The van der Waals surface area contributed by atoms with Crippen LogP contribution < -0.4 is 5.19 Å². The smallest absolute Gasteiger partial charge is 0.132 e. The third kappa shape index (κ3) is 2.91. The van der Waals surface area contributed by atoms with Crippen LogP contribution in [0, 0.1) is 6.92 Å². The number of hydrogen-bond acceptors (Lipinski definition) is 1. The molecule has 1 aromatic carbocycles. The van der Waals surface area contributed by atoms with Crippen LogP contribution in [-0.4, -0.2) is 9.52 Å². The fourth-order valence-electron chi connectivity index (χ4n) is 1.18. The summed E-state index contributed by atoms with van der Waals surface area (Å²) >= 11 is 0. The molecule has 0 N–H and O–H groups in total. The summed E-state index contributed by atoms with van der Waals surface area (Å²) in [4.78, 5) is 0. The van der Waals surface area contributed by atoms with Crippen molar-refractivity contribution in [2.75, 3.05) is 0 Å². The van der Waals surface area contributed by atoms with Gasteiger partial charge >= 0.3 is 0 Å². The van der Waals surface area contributed by atoms with Crippen molar-refractivity contribution in [1.82, 2.24) is 0 Å². The largest absolute Gasteiger partial charge is 0.476 e. The molecule has 2 heteroatoms. The average Bonchev–Trinajstić information content (AvgIpc) is 2.09. The summed E-state index contributed by atoms with van der Waals surface area (Å²) < 4.78 is 5.13. The van der Waals surface area contributed by atoms with E-state index < -0.39 is 9.52 Å². The molecule has 0 aliphatic rings. The summed E-state index contributed by atoms with van der Waals surface area (Å²) in [5.74, 6) is 0. The standard InChI is InChI=1S/C11H14OSi/c1-4-12-10(3)13-11-8-6-5-7-9(11)2/h4-8H,1,3,13H2,2H3. The molecule has 1 nitrogen and oxygen atoms in total. The molecule has 0 unspecified atom stereocenters. The van der Waals surface area contributed by atoms with Gasteiger partial charge in [0.15, 0.2) is 0 Å². The Morgan fingerprint density at radius 2 is 2.15 bits per heavy atom. The lowest BCUT2D eigenvalue weighted by Crippen LogP contribution is -2.19. The topological polar surface area (TPSA) is 9.23 Å². The summed E-state index contributed by atoms with van der Waals surface area (Å²) in [6.07, 6.45) is 1.44. The van der Waals surface area contributed by atoms with E-state index in [1.165, 1.54) is 17.0 Å². The zero-order chi connectivity index (χ0) is 9.68. The Balaban J connectivity index is 2.68. The zero-order valence-electron chi connectivity index (χ0n) is 7.92. The Kier molecular flexibility index (Phi) is 3.52. The third-order valence-electron chi connectivity index (χ3n) is 1.90. The SMILES string of the molecule is C=COC(=C)[SiH2]c1ccccc1C. The van der Waals surface area contributed by atoms with Crippen molar-refractivity contribution in [1.29, 1.82) is 0 Å². The molecule has 1 rings (SSSR count). The van der Waals surface area contributed by atoms with Crippen molar-refractivity contribution in [3.05, 3.63) is 54.6 Å². The highest BCUT2D eigenvalue weighted by Gasteiger charge is 2.00. The number of hydrogen-bond donors (Lipinski definition) is 0. The van der Waals surface area contributed by atoms with Gasteiger partial charge in [-0.15, -0.1) is 0 Å². The number of benzene rings is 1. The Bertz CT molecular complexity index is 318. The quantitative estimate of drug-likeness (QED) is 0.515. The molecule has 1 aromatic rings. The molecule has 0 atom stereocenters. The van der Waals surface area contributed by atoms with Crippen LogP contribution >= 0.6 is 0 Å². The van der Waals surface area contributed by atoms with Gasteiger partial charge in [0, 0.05) is 0 Å². The summed E-state index contributed by atoms with van der Waals surface area (Å²) in [5.41, 5.74) is 1.32. The van der Waals surface area contributed by atoms with Crippen molar-refractivity contribution >= 4 is 14.7 Å². The molecule has 0 saturated heterocycles. The second-order valence-corrected chi connectivity index (χ2v) is 4.83. The Morgan fingerprint density at radius 3 is 2.77 bits per heavy atom. The second kappa shape index (κ2) is 4.67. The minimum absolute atomic E-state index is 0.515. The fraction of sp³-hybridized carbons (Fsp3) is 0.0909. The normalized spacial score (nSPS) is 10.2. The Morgan fingerprint density at radius 1 is 1.46 bits per heavy atom. The van der Waals surface area contributed by atoms with Crippen molar-refractivity contribution in [2.45, 2.75) is 6.92 Å². The van der Waals surface area contributed by atoms with E-state index in [0.717, 1.165) is 5.38 Å². The van der Waals surface area contributed by atoms with Gasteiger partial charge in [-0.3, -0.25) is 0 Å². The molecule has 0 aromatic heterocycles. The lowest BCUT2D eigenvalue weighted by atomic mass is 10.2. The number of rotatable bonds is 4. The van der Waals surface area contributed by atoms with Gasteiger partial charge in [-0.25, -0.2) is 0 Å². The van der Waals surface area contributed by atoms with Gasteiger partial charge in [0.05, 0.1) is 11.6 Å². The average molecular weight is 190 g/mol. The number of ether oxygens (including phenoxy) is 1. The van der Waals surface area contributed by atoms with E-state index in [1.807, 2.05) is 6.07 Å². The predicted molar refractivity (Wildman–Crippen MR) is 59.8 cm³/mol. The first-order valence-corrected chi connectivity index (χ1v) is 5.65. The number of aryl methyl sites for hydroxylation is 1. The lowest BCUT2D eigenvalue weighted by Gasteiger charge is -2.06. The Hall–Kier alpha value is -1.28. The maximum absolute atomic E-state index is 5.13. The van der Waals surface area contributed by atoms with Crippen LogP contribution in [0.25, 0.3) is 0 Å². The van der Waals surface area contributed by atoms with Gasteiger partial charge in [0.25, 0.3) is 0 Å². The zero-order valence-corrected chi connectivity index (χ0v) is 9.33. The van der Waals surface area contributed by atoms with E-state index in [0.29, 0.717) is 0 Å². The maximum atomic E-state index is 5.13. The monoisotopic (exact) mass is 190 g/mol. The molecule has 0 fully saturated rings. The van der Waals surface area contributed by atoms with E-state index in [9.17, 15) is 0 Å². The predicted octanol–water partition coefficient (Wildman–Crippen LogP) is 1.42. The van der Waals surface area contributed by atoms with Gasteiger partial charge in [-0.1, -0.05) is 48.2 Å². The van der Waals surface area contributed by atoms with Crippen LogP contribution in [0.2, 0.25) is 0 Å². The van der Waals surface area contributed by atoms with Gasteiger partial charge < -0.3 is 4.74 Å². The summed E-state index contributed by atoms with van der Waals surface area (Å²) in [6, 6.07) is 8.35. The molecule has 0 radical (unpaired) electrons. The van der Waals surface area contributed by atoms with E-state index >= 15 is 0 Å². The van der Waals surface area contributed by atoms with Gasteiger partial charge in [0.1, 0.15) is 9.52 Å². The first-order valence-electron chi connectivity index (χ1n) is 4.24. The van der Waals surface area contributed by atoms with E-state index in [2.05, 4.69) is 38.3 Å². The van der Waals surface area contributed by atoms with E-state index in [-0.39, 0.29) is 0 Å². The fourth-order valence-corrected chi connectivity index (χ4v) is 2.46. The van der Waals surface area contributed by atoms with Gasteiger partial charge in [-0.05, 0) is 6.92 Å². The molecular weight excluding hydrogens is 176 g/mol. The third-order valence-corrected chi connectivity index (χ3v) is 3.63. The summed E-state index contributed by atoms with van der Waals surface area (Å²) in [6.45, 7) is 9.47. The maximum Gasteiger partial charge on any atom is 0.132 e. The van der Waals surface area contributed by atoms with Gasteiger partial charge in [-0.2, -0.15) is 0 Å². The summed E-state index contributed by atoms with van der Waals surface area (Å²) in [7, 11) is -0.515. The molecular formula is C11H14OSi. The van der Waals surface area contributed by atoms with Crippen LogP contribution in [0.4, 0.5) is 0 Å². The Labute approximate surface area is 81.6 Å². The van der Waals surface area contributed by atoms with Gasteiger partial charge in [0.2, 0.25) is 0 Å². The van der Waals surface area contributed by atoms with Crippen molar-refractivity contribution in [3.8, 4) is 0 Å². The first kappa shape index (κ1) is 9.80. The minimum Gasteiger partial charge on any atom is -0.476 e. The molecule has 0 amide bonds. The molecule has 13 heavy (non-hydrogen) atoms. The first-order chi connectivity index (χ1) is 6.24. The van der Waals surface area contributed by atoms with Crippen LogP contribution in [0.5, 0.6) is 0 Å². The summed E-state index contributed by atoms with van der Waals surface area (Å²) in [5, 5.41) is 2.25. The molecule has 0 bridgehead atoms. The van der Waals surface area contributed by atoms with Crippen molar-refractivity contribution in [3.63, 3.8) is 0 Å². The van der Waals surface area contributed by atoms with Crippen LogP contribution in [-0.2, 0) is 4.74 Å². The molecule has 68 valence electrons. The van der Waals surface area contributed by atoms with E-state index in [4.69, 9.17) is 4.74 Å². The van der Waals surface area contributed by atoms with Crippen LogP contribution in [0.3, 0.4) is 0 Å². The van der Waals surface area contributed by atoms with Crippen molar-refractivity contribution < 1.29 is 4.74 Å². The lowest BCUT2D eigenvalue weighted by molar-refractivity contribution is 0.387. The van der Waals surface area contributed by atoms with Crippen LogP contribution in [0.15, 0.2) is 49.1 Å². The molecule has 0 spiro atoms. The van der Waals surface area contributed by atoms with E-state index in [1.54, 1.807) is 0 Å². The minimum atomic E-state index is -0.515. The molecule has 0 heterocycles. The molecule has 0 saturated carbocycles.